The molecular weight excluding hydrogens is 304 g/mol. The van der Waals surface area contributed by atoms with Gasteiger partial charge in [0.25, 0.3) is 0 Å². The number of hydrogen-bond acceptors (Lipinski definition) is 3. The highest BCUT2D eigenvalue weighted by atomic mass is 35.5. The highest BCUT2D eigenvalue weighted by Gasteiger charge is 2.02. The van der Waals surface area contributed by atoms with E-state index in [1.165, 1.54) is 10.4 Å². The van der Waals surface area contributed by atoms with Gasteiger partial charge in [0.1, 0.15) is 5.15 Å². The first kappa shape index (κ1) is 15.8. The van der Waals surface area contributed by atoms with Gasteiger partial charge in [-0.15, -0.1) is 11.3 Å². The molecule has 0 aliphatic carbocycles. The Morgan fingerprint density at radius 2 is 2.19 bits per heavy atom. The summed E-state index contributed by atoms with van der Waals surface area (Å²) in [5, 5.41) is 9.25. The first-order valence-electron chi connectivity index (χ1n) is 6.77. The zero-order chi connectivity index (χ0) is 15.1. The van der Waals surface area contributed by atoms with Gasteiger partial charge in [0, 0.05) is 24.7 Å². The maximum Gasteiger partial charge on any atom is 0.191 e. The summed E-state index contributed by atoms with van der Waals surface area (Å²) in [5.41, 5.74) is 2.46. The van der Waals surface area contributed by atoms with Crippen LogP contribution in [-0.2, 0) is 13.0 Å². The topological polar surface area (TPSA) is 49.3 Å². The number of pyridine rings is 1. The number of aryl methyl sites for hydroxylation is 1. The molecule has 0 unspecified atom stereocenters. The summed E-state index contributed by atoms with van der Waals surface area (Å²) in [5.74, 6) is 0.810. The maximum atomic E-state index is 5.77. The smallest absolute Gasteiger partial charge is 0.191 e. The van der Waals surface area contributed by atoms with Crippen molar-refractivity contribution < 1.29 is 0 Å². The van der Waals surface area contributed by atoms with Gasteiger partial charge >= 0.3 is 0 Å². The van der Waals surface area contributed by atoms with Crippen LogP contribution in [0.15, 0.2) is 34.8 Å². The SMILES string of the molecule is CN=C(NCCc1ccc(Cl)nc1)NCc1sccc1C. The van der Waals surface area contributed by atoms with Crippen LogP contribution >= 0.6 is 22.9 Å². The summed E-state index contributed by atoms with van der Waals surface area (Å²) in [6.45, 7) is 3.72. The minimum atomic E-state index is 0.524. The van der Waals surface area contributed by atoms with E-state index in [1.54, 1.807) is 24.6 Å². The molecule has 0 aliphatic heterocycles. The van der Waals surface area contributed by atoms with Gasteiger partial charge in [-0.2, -0.15) is 0 Å². The van der Waals surface area contributed by atoms with E-state index in [0.29, 0.717) is 5.15 Å². The molecule has 2 heterocycles. The monoisotopic (exact) mass is 322 g/mol. The lowest BCUT2D eigenvalue weighted by molar-refractivity contribution is 0.796. The van der Waals surface area contributed by atoms with Crippen molar-refractivity contribution in [2.75, 3.05) is 13.6 Å². The van der Waals surface area contributed by atoms with E-state index in [2.05, 4.69) is 39.0 Å². The van der Waals surface area contributed by atoms with Crippen molar-refractivity contribution >= 4 is 28.9 Å². The predicted molar refractivity (Wildman–Crippen MR) is 90.2 cm³/mol. The number of aliphatic imine (C=N–C) groups is 1. The molecule has 2 rings (SSSR count). The number of hydrogen-bond donors (Lipinski definition) is 2. The van der Waals surface area contributed by atoms with Crippen LogP contribution in [0.2, 0.25) is 5.15 Å². The Morgan fingerprint density at radius 1 is 1.33 bits per heavy atom. The van der Waals surface area contributed by atoms with Gasteiger partial charge in [-0.05, 0) is 42.0 Å². The Kier molecular flexibility index (Phi) is 6.02. The second-order valence-electron chi connectivity index (χ2n) is 4.62. The number of thiophene rings is 1. The molecule has 0 fully saturated rings. The predicted octanol–water partition coefficient (Wildman–Crippen LogP) is 3.01. The van der Waals surface area contributed by atoms with Crippen molar-refractivity contribution in [1.82, 2.24) is 15.6 Å². The van der Waals surface area contributed by atoms with Crippen LogP contribution in [0.5, 0.6) is 0 Å². The van der Waals surface area contributed by atoms with Crippen LogP contribution in [0.1, 0.15) is 16.0 Å². The van der Waals surface area contributed by atoms with Gasteiger partial charge in [-0.25, -0.2) is 4.98 Å². The van der Waals surface area contributed by atoms with Crippen molar-refractivity contribution in [3.05, 3.63) is 50.9 Å². The fraction of sp³-hybridized carbons (Fsp3) is 0.333. The molecule has 2 aromatic rings. The fourth-order valence-corrected chi connectivity index (χ4v) is 2.81. The summed E-state index contributed by atoms with van der Waals surface area (Å²) >= 11 is 7.52. The lowest BCUT2D eigenvalue weighted by Crippen LogP contribution is -2.37. The number of guanidine groups is 1. The van der Waals surface area contributed by atoms with Gasteiger partial charge in [0.15, 0.2) is 5.96 Å². The third-order valence-corrected chi connectivity index (χ3v) is 4.35. The van der Waals surface area contributed by atoms with E-state index < -0.39 is 0 Å². The van der Waals surface area contributed by atoms with Crippen LogP contribution in [0, 0.1) is 6.92 Å². The van der Waals surface area contributed by atoms with E-state index in [1.807, 2.05) is 12.1 Å². The normalized spacial score (nSPS) is 11.5. The highest BCUT2D eigenvalue weighted by molar-refractivity contribution is 7.10. The molecule has 0 aromatic carbocycles. The minimum absolute atomic E-state index is 0.524. The number of rotatable bonds is 5. The Hall–Kier alpha value is -1.59. The molecule has 2 N–H and O–H groups in total. The molecule has 0 bridgehead atoms. The third-order valence-electron chi connectivity index (χ3n) is 3.10. The molecular formula is C15H19ClN4S. The molecule has 6 heteroatoms. The number of halogens is 1. The van der Waals surface area contributed by atoms with Crippen LogP contribution in [0.25, 0.3) is 0 Å². The molecule has 0 saturated carbocycles. The average Bonchev–Trinajstić information content (AvgIpc) is 2.90. The summed E-state index contributed by atoms with van der Waals surface area (Å²) < 4.78 is 0. The molecule has 0 amide bonds. The zero-order valence-electron chi connectivity index (χ0n) is 12.2. The molecule has 2 aromatic heterocycles. The molecule has 0 atom stereocenters. The zero-order valence-corrected chi connectivity index (χ0v) is 13.8. The van der Waals surface area contributed by atoms with E-state index in [-0.39, 0.29) is 0 Å². The van der Waals surface area contributed by atoms with Gasteiger partial charge in [-0.3, -0.25) is 4.99 Å². The maximum absolute atomic E-state index is 5.77. The second kappa shape index (κ2) is 8.00. The van der Waals surface area contributed by atoms with Crippen molar-refractivity contribution in [2.45, 2.75) is 19.9 Å². The molecule has 21 heavy (non-hydrogen) atoms. The molecule has 0 spiro atoms. The van der Waals surface area contributed by atoms with E-state index >= 15 is 0 Å². The molecule has 4 nitrogen and oxygen atoms in total. The van der Waals surface area contributed by atoms with E-state index in [0.717, 1.165) is 31.0 Å². The average molecular weight is 323 g/mol. The standard InChI is InChI=1S/C15H19ClN4S/c1-11-6-8-21-13(11)10-20-15(17-2)18-7-5-12-3-4-14(16)19-9-12/h3-4,6,8-9H,5,7,10H2,1-2H3,(H2,17,18,20). The lowest BCUT2D eigenvalue weighted by atomic mass is 10.2. The summed E-state index contributed by atoms with van der Waals surface area (Å²) in [4.78, 5) is 9.63. The van der Waals surface area contributed by atoms with Crippen molar-refractivity contribution in [3.63, 3.8) is 0 Å². The van der Waals surface area contributed by atoms with Crippen molar-refractivity contribution in [3.8, 4) is 0 Å². The first-order valence-corrected chi connectivity index (χ1v) is 8.02. The largest absolute Gasteiger partial charge is 0.356 e. The second-order valence-corrected chi connectivity index (χ2v) is 6.01. The molecule has 0 aliphatic rings. The lowest BCUT2D eigenvalue weighted by Gasteiger charge is -2.11. The molecule has 112 valence electrons. The van der Waals surface area contributed by atoms with E-state index in [4.69, 9.17) is 11.6 Å². The van der Waals surface area contributed by atoms with Crippen molar-refractivity contribution in [1.29, 1.82) is 0 Å². The van der Waals surface area contributed by atoms with E-state index in [9.17, 15) is 0 Å². The van der Waals surface area contributed by atoms with Crippen molar-refractivity contribution in [2.24, 2.45) is 4.99 Å². The van der Waals surface area contributed by atoms with Gasteiger partial charge in [0.2, 0.25) is 0 Å². The van der Waals surface area contributed by atoms with Gasteiger partial charge < -0.3 is 10.6 Å². The van der Waals surface area contributed by atoms with Gasteiger partial charge in [0.05, 0.1) is 6.54 Å². The quantitative estimate of drug-likeness (QED) is 0.505. The Bertz CT molecular complexity index is 592. The summed E-state index contributed by atoms with van der Waals surface area (Å²) in [6.07, 6.45) is 2.68. The molecule has 0 saturated heterocycles. The van der Waals surface area contributed by atoms with Crippen LogP contribution < -0.4 is 10.6 Å². The van der Waals surface area contributed by atoms with Crippen LogP contribution in [0.4, 0.5) is 0 Å². The Balaban J connectivity index is 1.75. The summed E-state index contributed by atoms with van der Waals surface area (Å²) in [6, 6.07) is 5.93. The third kappa shape index (κ3) is 5.02. The minimum Gasteiger partial charge on any atom is -0.356 e. The summed E-state index contributed by atoms with van der Waals surface area (Å²) in [7, 11) is 1.78. The number of nitrogens with one attached hydrogen (secondary N) is 2. The number of aromatic nitrogens is 1. The fourth-order valence-electron chi connectivity index (χ4n) is 1.85. The highest BCUT2D eigenvalue weighted by Crippen LogP contribution is 2.14. The number of nitrogens with zero attached hydrogens (tertiary/aromatic N) is 2. The Labute approximate surface area is 134 Å². The van der Waals surface area contributed by atoms with Gasteiger partial charge in [-0.1, -0.05) is 17.7 Å². The first-order chi connectivity index (χ1) is 10.2. The van der Waals surface area contributed by atoms with Crippen LogP contribution in [0.3, 0.4) is 0 Å². The molecule has 0 radical (unpaired) electrons. The van der Waals surface area contributed by atoms with Crippen LogP contribution in [-0.4, -0.2) is 24.5 Å². The Morgan fingerprint density at radius 3 is 2.81 bits per heavy atom.